The molecule has 0 bridgehead atoms. The lowest BCUT2D eigenvalue weighted by Crippen LogP contribution is -2.21. The summed E-state index contributed by atoms with van der Waals surface area (Å²) in [6.07, 6.45) is 1.77. The summed E-state index contributed by atoms with van der Waals surface area (Å²) in [5.74, 6) is 1.40. The Morgan fingerprint density at radius 1 is 1.00 bits per heavy atom. The first-order chi connectivity index (χ1) is 13.8. The molecule has 0 fully saturated rings. The highest BCUT2D eigenvalue weighted by atomic mass is 32.2. The number of thioether (sulfide) groups is 1. The van der Waals surface area contributed by atoms with Gasteiger partial charge in [0.05, 0.1) is 28.9 Å². The molecule has 0 aliphatic heterocycles. The summed E-state index contributed by atoms with van der Waals surface area (Å²) in [7, 11) is 0. The van der Waals surface area contributed by atoms with Gasteiger partial charge in [0.25, 0.3) is 5.56 Å². The molecule has 5 nitrogen and oxygen atoms in total. The molecule has 140 valence electrons. The quantitative estimate of drug-likeness (QED) is 0.360. The first-order valence-corrected chi connectivity index (χ1v) is 10.0. The second kappa shape index (κ2) is 8.27. The van der Waals surface area contributed by atoms with E-state index in [1.54, 1.807) is 10.8 Å². The van der Waals surface area contributed by atoms with Gasteiger partial charge in [-0.05, 0) is 55.5 Å². The lowest BCUT2D eigenvalue weighted by Gasteiger charge is -2.13. The number of ether oxygens (including phenoxy) is 1. The fraction of sp³-hybridized carbons (Fsp3) is 0.136. The molecule has 6 heteroatoms. The number of benzene rings is 2. The topological polar surface area (TPSA) is 57.0 Å². The highest BCUT2D eigenvalue weighted by molar-refractivity contribution is 7.98. The van der Waals surface area contributed by atoms with Gasteiger partial charge >= 0.3 is 0 Å². The summed E-state index contributed by atoms with van der Waals surface area (Å²) in [5, 5.41) is 1.23. The molecule has 0 radical (unpaired) electrons. The molecule has 0 aliphatic rings. The molecule has 0 spiro atoms. The normalized spacial score (nSPS) is 10.9. The third kappa shape index (κ3) is 3.77. The van der Waals surface area contributed by atoms with E-state index in [0.29, 0.717) is 28.4 Å². The third-order valence-corrected chi connectivity index (χ3v) is 5.20. The summed E-state index contributed by atoms with van der Waals surface area (Å²) in [5.41, 5.74) is 2.31. The molecule has 4 aromatic rings. The summed E-state index contributed by atoms with van der Waals surface area (Å²) < 4.78 is 7.17. The zero-order chi connectivity index (χ0) is 19.3. The van der Waals surface area contributed by atoms with E-state index in [4.69, 9.17) is 9.72 Å². The number of para-hydroxylation sites is 1. The molecule has 0 aliphatic carbocycles. The van der Waals surface area contributed by atoms with Gasteiger partial charge in [-0.15, -0.1) is 0 Å². The first-order valence-electron chi connectivity index (χ1n) is 9.04. The van der Waals surface area contributed by atoms with Gasteiger partial charge in [-0.25, -0.2) is 4.98 Å². The maximum Gasteiger partial charge on any atom is 0.266 e. The van der Waals surface area contributed by atoms with Gasteiger partial charge in [0.15, 0.2) is 5.16 Å². The van der Waals surface area contributed by atoms with Gasteiger partial charge in [-0.1, -0.05) is 30.0 Å². The van der Waals surface area contributed by atoms with Crippen LogP contribution in [0.15, 0.2) is 82.9 Å². The van der Waals surface area contributed by atoms with Crippen molar-refractivity contribution in [3.63, 3.8) is 0 Å². The van der Waals surface area contributed by atoms with Crippen LogP contribution in [0.25, 0.3) is 16.6 Å². The molecular formula is C22H19N3O2S. The molecule has 0 atom stereocenters. The Bertz CT molecular complexity index is 1140. The molecule has 2 aromatic carbocycles. The maximum absolute atomic E-state index is 13.2. The molecule has 0 amide bonds. The van der Waals surface area contributed by atoms with E-state index >= 15 is 0 Å². The Hall–Kier alpha value is -3.12. The number of fused-ring (bicyclic) bond motifs is 1. The number of pyridine rings is 1. The Kier molecular flexibility index (Phi) is 5.39. The van der Waals surface area contributed by atoms with Crippen LogP contribution in [-0.2, 0) is 5.75 Å². The van der Waals surface area contributed by atoms with Gasteiger partial charge in [-0.2, -0.15) is 0 Å². The zero-order valence-electron chi connectivity index (χ0n) is 15.4. The van der Waals surface area contributed by atoms with E-state index in [0.717, 1.165) is 17.1 Å². The monoisotopic (exact) mass is 389 g/mol. The van der Waals surface area contributed by atoms with Crippen molar-refractivity contribution >= 4 is 22.7 Å². The van der Waals surface area contributed by atoms with Crippen LogP contribution >= 0.6 is 11.8 Å². The van der Waals surface area contributed by atoms with Crippen LogP contribution in [0.1, 0.15) is 12.6 Å². The number of nitrogens with zero attached hydrogens (tertiary/aromatic N) is 3. The smallest absolute Gasteiger partial charge is 0.266 e. The van der Waals surface area contributed by atoms with E-state index in [9.17, 15) is 4.79 Å². The van der Waals surface area contributed by atoms with Crippen LogP contribution < -0.4 is 10.3 Å². The Morgan fingerprint density at radius 2 is 1.79 bits per heavy atom. The number of hydrogen-bond donors (Lipinski definition) is 0. The van der Waals surface area contributed by atoms with Gasteiger partial charge in [0.2, 0.25) is 0 Å². The average molecular weight is 389 g/mol. The second-order valence-electron chi connectivity index (χ2n) is 6.09. The first kappa shape index (κ1) is 18.3. The molecule has 4 rings (SSSR count). The molecule has 2 heterocycles. The van der Waals surface area contributed by atoms with Crippen molar-refractivity contribution in [3.8, 4) is 11.4 Å². The van der Waals surface area contributed by atoms with E-state index in [1.807, 2.05) is 73.7 Å². The van der Waals surface area contributed by atoms with E-state index in [2.05, 4.69) is 4.98 Å². The lowest BCUT2D eigenvalue weighted by molar-refractivity contribution is 0.340. The van der Waals surface area contributed by atoms with Crippen LogP contribution in [0.4, 0.5) is 0 Å². The van der Waals surface area contributed by atoms with Crippen LogP contribution in [0.5, 0.6) is 5.75 Å². The number of hydrogen-bond acceptors (Lipinski definition) is 5. The van der Waals surface area contributed by atoms with Crippen molar-refractivity contribution in [2.45, 2.75) is 17.8 Å². The Labute approximate surface area is 167 Å². The van der Waals surface area contributed by atoms with Crippen molar-refractivity contribution in [3.05, 3.63) is 89.0 Å². The van der Waals surface area contributed by atoms with E-state index < -0.39 is 0 Å². The maximum atomic E-state index is 13.2. The van der Waals surface area contributed by atoms with Crippen molar-refractivity contribution in [2.24, 2.45) is 0 Å². The minimum atomic E-state index is -0.0849. The highest BCUT2D eigenvalue weighted by Crippen LogP contribution is 2.25. The fourth-order valence-corrected chi connectivity index (χ4v) is 3.85. The van der Waals surface area contributed by atoms with Gasteiger partial charge in [0, 0.05) is 11.9 Å². The molecule has 28 heavy (non-hydrogen) atoms. The minimum absolute atomic E-state index is 0.0849. The molecular weight excluding hydrogens is 370 g/mol. The fourth-order valence-electron chi connectivity index (χ4n) is 2.92. The molecule has 2 aromatic heterocycles. The molecule has 0 N–H and O–H groups in total. The molecule has 0 saturated heterocycles. The van der Waals surface area contributed by atoms with Crippen molar-refractivity contribution < 1.29 is 4.74 Å². The predicted molar refractivity (Wildman–Crippen MR) is 112 cm³/mol. The summed E-state index contributed by atoms with van der Waals surface area (Å²) in [6, 6.07) is 20.7. The average Bonchev–Trinajstić information content (AvgIpc) is 2.74. The molecule has 0 saturated carbocycles. The SMILES string of the molecule is CCOc1ccc(-n2c(SCc3ccccn3)nc3ccccc3c2=O)cc1. The number of rotatable bonds is 6. The Balaban J connectivity index is 1.80. The van der Waals surface area contributed by atoms with Crippen LogP contribution in [0, 0.1) is 0 Å². The number of aromatic nitrogens is 3. The van der Waals surface area contributed by atoms with Gasteiger partial charge in [0.1, 0.15) is 5.75 Å². The van der Waals surface area contributed by atoms with Gasteiger partial charge < -0.3 is 4.74 Å². The third-order valence-electron chi connectivity index (χ3n) is 4.23. The lowest BCUT2D eigenvalue weighted by atomic mass is 10.2. The second-order valence-corrected chi connectivity index (χ2v) is 7.03. The predicted octanol–water partition coefficient (Wildman–Crippen LogP) is 4.47. The molecule has 0 unspecified atom stereocenters. The highest BCUT2D eigenvalue weighted by Gasteiger charge is 2.13. The van der Waals surface area contributed by atoms with Gasteiger partial charge in [-0.3, -0.25) is 14.3 Å². The minimum Gasteiger partial charge on any atom is -0.494 e. The standard InChI is InChI=1S/C22H19N3O2S/c1-2-27-18-12-10-17(11-13-18)25-21(26)19-8-3-4-9-20(19)24-22(25)28-15-16-7-5-6-14-23-16/h3-14H,2,15H2,1H3. The summed E-state index contributed by atoms with van der Waals surface area (Å²) in [6.45, 7) is 2.54. The van der Waals surface area contributed by atoms with Crippen LogP contribution in [0.2, 0.25) is 0 Å². The van der Waals surface area contributed by atoms with E-state index in [1.165, 1.54) is 11.8 Å². The zero-order valence-corrected chi connectivity index (χ0v) is 16.2. The van der Waals surface area contributed by atoms with Crippen molar-refractivity contribution in [1.82, 2.24) is 14.5 Å². The van der Waals surface area contributed by atoms with Crippen LogP contribution in [-0.4, -0.2) is 21.1 Å². The summed E-state index contributed by atoms with van der Waals surface area (Å²) >= 11 is 1.50. The van der Waals surface area contributed by atoms with Crippen molar-refractivity contribution in [2.75, 3.05) is 6.61 Å². The van der Waals surface area contributed by atoms with Crippen LogP contribution in [0.3, 0.4) is 0 Å². The van der Waals surface area contributed by atoms with Crippen molar-refractivity contribution in [1.29, 1.82) is 0 Å². The van der Waals surface area contributed by atoms with E-state index in [-0.39, 0.29) is 5.56 Å². The largest absolute Gasteiger partial charge is 0.494 e. The Morgan fingerprint density at radius 3 is 2.54 bits per heavy atom. The summed E-state index contributed by atoms with van der Waals surface area (Å²) in [4.78, 5) is 22.3.